The van der Waals surface area contributed by atoms with Crippen LogP contribution in [0.1, 0.15) is 20.7 Å². The smallest absolute Gasteiger partial charge is 0.259 e. The van der Waals surface area contributed by atoms with Crippen molar-refractivity contribution in [3.8, 4) is 5.75 Å². The lowest BCUT2D eigenvalue weighted by Gasteiger charge is -2.34. The molecule has 0 radical (unpaired) electrons. The zero-order valence-electron chi connectivity index (χ0n) is 19.9. The lowest BCUT2D eigenvalue weighted by molar-refractivity contribution is -0.130. The Morgan fingerprint density at radius 3 is 2.31 bits per heavy atom. The van der Waals surface area contributed by atoms with Gasteiger partial charge in [0.15, 0.2) is 6.61 Å². The predicted octanol–water partition coefficient (Wildman–Crippen LogP) is 3.72. The van der Waals surface area contributed by atoms with Gasteiger partial charge in [-0.2, -0.15) is 0 Å². The van der Waals surface area contributed by atoms with Crippen molar-refractivity contribution in [2.24, 2.45) is 0 Å². The first-order valence-electron chi connectivity index (χ1n) is 11.0. The first kappa shape index (κ1) is 30.0. The van der Waals surface area contributed by atoms with Gasteiger partial charge in [0.05, 0.1) is 15.6 Å². The number of halogens is 4. The minimum Gasteiger partial charge on any atom is -0.483 e. The molecular formula is C24H28Cl4N4O4. The van der Waals surface area contributed by atoms with Crippen LogP contribution in [0.15, 0.2) is 36.4 Å². The number of ether oxygens (including phenoxy) is 1. The summed E-state index contributed by atoms with van der Waals surface area (Å²) in [5.41, 5.74) is 0.811. The van der Waals surface area contributed by atoms with Crippen LogP contribution in [0.25, 0.3) is 0 Å². The molecule has 0 unspecified atom stereocenters. The standard InChI is InChI=1S/C24H27Cl3N4O4.ClH/c1-29(2)22(32)15-35-21-14-17(25)4-5-18(21)23(33)28-7-8-30-9-11-31(12-10-30)24(34)16-3-6-19(26)20(27)13-16;/h3-6,13-14H,7-12,15H2,1-2H3,(H,28,33);1H. The van der Waals surface area contributed by atoms with Gasteiger partial charge in [0.1, 0.15) is 5.75 Å². The van der Waals surface area contributed by atoms with Gasteiger partial charge < -0.3 is 19.9 Å². The summed E-state index contributed by atoms with van der Waals surface area (Å²) in [4.78, 5) is 42.6. The van der Waals surface area contributed by atoms with Crippen LogP contribution in [0.5, 0.6) is 5.75 Å². The van der Waals surface area contributed by atoms with E-state index >= 15 is 0 Å². The van der Waals surface area contributed by atoms with Crippen LogP contribution in [0.3, 0.4) is 0 Å². The number of benzene rings is 2. The van der Waals surface area contributed by atoms with Crippen LogP contribution in [-0.4, -0.2) is 92.4 Å². The number of carbonyl (C=O) groups is 3. The van der Waals surface area contributed by atoms with E-state index in [0.29, 0.717) is 65.5 Å². The molecule has 0 atom stereocenters. The predicted molar refractivity (Wildman–Crippen MR) is 144 cm³/mol. The van der Waals surface area contributed by atoms with Gasteiger partial charge in [-0.3, -0.25) is 19.3 Å². The monoisotopic (exact) mass is 576 g/mol. The third-order valence-electron chi connectivity index (χ3n) is 5.58. The van der Waals surface area contributed by atoms with E-state index in [2.05, 4.69) is 10.2 Å². The first-order chi connectivity index (χ1) is 16.7. The fraction of sp³-hybridized carbons (Fsp3) is 0.375. The number of hydrogen-bond acceptors (Lipinski definition) is 5. The Morgan fingerprint density at radius 1 is 0.972 bits per heavy atom. The maximum atomic E-state index is 12.7. The van der Waals surface area contributed by atoms with Crippen LogP contribution in [0.4, 0.5) is 0 Å². The van der Waals surface area contributed by atoms with Crippen molar-refractivity contribution in [2.45, 2.75) is 0 Å². The summed E-state index contributed by atoms with van der Waals surface area (Å²) in [5, 5.41) is 4.05. The van der Waals surface area contributed by atoms with E-state index in [-0.39, 0.29) is 42.5 Å². The third-order valence-corrected chi connectivity index (χ3v) is 6.55. The molecule has 1 saturated heterocycles. The summed E-state index contributed by atoms with van der Waals surface area (Å²) in [7, 11) is 3.25. The molecule has 2 aromatic rings. The van der Waals surface area contributed by atoms with Crippen LogP contribution in [0.2, 0.25) is 15.1 Å². The van der Waals surface area contributed by atoms with Crippen LogP contribution >= 0.6 is 47.2 Å². The van der Waals surface area contributed by atoms with Gasteiger partial charge in [0.2, 0.25) is 0 Å². The molecule has 0 saturated carbocycles. The molecule has 2 aromatic carbocycles. The van der Waals surface area contributed by atoms with Crippen molar-refractivity contribution >= 4 is 64.9 Å². The maximum Gasteiger partial charge on any atom is 0.259 e. The van der Waals surface area contributed by atoms with Crippen LogP contribution < -0.4 is 10.1 Å². The molecule has 3 amide bonds. The second-order valence-electron chi connectivity index (χ2n) is 8.24. The molecule has 12 heteroatoms. The van der Waals surface area contributed by atoms with E-state index in [4.69, 9.17) is 39.5 Å². The highest BCUT2D eigenvalue weighted by molar-refractivity contribution is 6.42. The molecule has 1 aliphatic rings. The normalized spacial score (nSPS) is 13.5. The van der Waals surface area contributed by atoms with Gasteiger partial charge in [-0.1, -0.05) is 34.8 Å². The van der Waals surface area contributed by atoms with Crippen LogP contribution in [-0.2, 0) is 4.79 Å². The summed E-state index contributed by atoms with van der Waals surface area (Å²) in [6, 6.07) is 9.56. The zero-order chi connectivity index (χ0) is 25.5. The van der Waals surface area contributed by atoms with Gasteiger partial charge in [-0.25, -0.2) is 0 Å². The Kier molecular flexibility index (Phi) is 11.6. The molecule has 0 aromatic heterocycles. The van der Waals surface area contributed by atoms with Crippen molar-refractivity contribution in [3.63, 3.8) is 0 Å². The summed E-state index contributed by atoms with van der Waals surface area (Å²) < 4.78 is 5.54. The number of nitrogens with zero attached hydrogens (tertiary/aromatic N) is 3. The summed E-state index contributed by atoms with van der Waals surface area (Å²) in [6.45, 7) is 3.36. The largest absolute Gasteiger partial charge is 0.483 e. The molecule has 1 N–H and O–H groups in total. The molecule has 1 heterocycles. The number of likely N-dealkylation sites (N-methyl/N-ethyl adjacent to an activating group) is 1. The first-order valence-corrected chi connectivity index (χ1v) is 12.2. The Balaban J connectivity index is 0.00000456. The average molecular weight is 578 g/mol. The highest BCUT2D eigenvalue weighted by Gasteiger charge is 2.23. The van der Waals surface area contributed by atoms with Crippen molar-refractivity contribution in [1.29, 1.82) is 0 Å². The molecule has 196 valence electrons. The number of carbonyl (C=O) groups excluding carboxylic acids is 3. The summed E-state index contributed by atoms with van der Waals surface area (Å²) in [6.07, 6.45) is 0. The van der Waals surface area contributed by atoms with E-state index in [1.54, 1.807) is 49.3 Å². The molecule has 0 aliphatic carbocycles. The minimum absolute atomic E-state index is 0. The second-order valence-corrected chi connectivity index (χ2v) is 9.49. The van der Waals surface area contributed by atoms with Gasteiger partial charge >= 0.3 is 0 Å². The Labute approximate surface area is 231 Å². The zero-order valence-corrected chi connectivity index (χ0v) is 23.0. The van der Waals surface area contributed by atoms with Crippen LogP contribution in [0, 0.1) is 0 Å². The van der Waals surface area contributed by atoms with Gasteiger partial charge in [0.25, 0.3) is 17.7 Å². The minimum atomic E-state index is -0.317. The van der Waals surface area contributed by atoms with E-state index in [0.717, 1.165) is 0 Å². The quantitative estimate of drug-likeness (QED) is 0.517. The SMILES string of the molecule is CN(C)C(=O)COc1cc(Cl)ccc1C(=O)NCCN1CCN(C(=O)c2ccc(Cl)c(Cl)c2)CC1.Cl. The van der Waals surface area contributed by atoms with Gasteiger partial charge in [0, 0.05) is 63.9 Å². The van der Waals surface area contributed by atoms with E-state index in [9.17, 15) is 14.4 Å². The molecule has 8 nitrogen and oxygen atoms in total. The Bertz CT molecular complexity index is 1090. The average Bonchev–Trinajstić information content (AvgIpc) is 2.84. The number of amides is 3. The third kappa shape index (κ3) is 8.15. The molecule has 0 bridgehead atoms. The van der Waals surface area contributed by atoms with Gasteiger partial charge in [-0.15, -0.1) is 12.4 Å². The van der Waals surface area contributed by atoms with Crippen molar-refractivity contribution in [1.82, 2.24) is 20.0 Å². The molecule has 1 fully saturated rings. The number of piperazine rings is 1. The Morgan fingerprint density at radius 2 is 1.67 bits per heavy atom. The summed E-state index contributed by atoms with van der Waals surface area (Å²) in [5.74, 6) is -0.380. The molecule has 1 aliphatic heterocycles. The molecule has 36 heavy (non-hydrogen) atoms. The Hall–Kier alpha value is -2.23. The van der Waals surface area contributed by atoms with Crippen molar-refractivity contribution in [3.05, 3.63) is 62.6 Å². The van der Waals surface area contributed by atoms with Gasteiger partial charge in [-0.05, 0) is 36.4 Å². The van der Waals surface area contributed by atoms with E-state index < -0.39 is 0 Å². The molecule has 0 spiro atoms. The lowest BCUT2D eigenvalue weighted by Crippen LogP contribution is -2.50. The number of rotatable bonds is 8. The highest BCUT2D eigenvalue weighted by Crippen LogP contribution is 2.24. The fourth-order valence-corrected chi connectivity index (χ4v) is 3.94. The van der Waals surface area contributed by atoms with E-state index in [1.807, 2.05) is 0 Å². The maximum absolute atomic E-state index is 12.7. The highest BCUT2D eigenvalue weighted by atomic mass is 35.5. The fourth-order valence-electron chi connectivity index (χ4n) is 3.48. The van der Waals surface area contributed by atoms with Crippen molar-refractivity contribution < 1.29 is 19.1 Å². The summed E-state index contributed by atoms with van der Waals surface area (Å²) >= 11 is 18.0. The topological polar surface area (TPSA) is 82.2 Å². The lowest BCUT2D eigenvalue weighted by atomic mass is 10.1. The number of nitrogens with one attached hydrogen (secondary N) is 1. The second kappa shape index (κ2) is 13.9. The molecular weight excluding hydrogens is 550 g/mol. The molecule has 3 rings (SSSR count). The van der Waals surface area contributed by atoms with Crippen molar-refractivity contribution in [2.75, 3.05) is 60.0 Å². The number of hydrogen-bond donors (Lipinski definition) is 1. The van der Waals surface area contributed by atoms with E-state index in [1.165, 1.54) is 11.0 Å².